The second-order valence-electron chi connectivity index (χ2n) is 9.69. The number of carbonyl (C=O) groups excluding carboxylic acids is 1. The van der Waals surface area contributed by atoms with Crippen LogP contribution in [0.5, 0.6) is 0 Å². The van der Waals surface area contributed by atoms with Crippen molar-refractivity contribution in [3.05, 3.63) is 77.9 Å². The first-order valence-corrected chi connectivity index (χ1v) is 14.3. The van der Waals surface area contributed by atoms with Crippen molar-refractivity contribution in [2.75, 3.05) is 29.9 Å². The molecule has 190 valence electrons. The van der Waals surface area contributed by atoms with Crippen LogP contribution in [-0.2, 0) is 16.4 Å². The van der Waals surface area contributed by atoms with Crippen molar-refractivity contribution in [2.45, 2.75) is 25.4 Å². The lowest BCUT2D eigenvalue weighted by molar-refractivity contribution is 0.0951. The number of hydrogen-bond donors (Lipinski definition) is 2. The number of pyridine rings is 1. The van der Waals surface area contributed by atoms with E-state index >= 15 is 0 Å². The molecule has 4 aromatic rings. The van der Waals surface area contributed by atoms with E-state index in [2.05, 4.69) is 49.9 Å². The maximum atomic E-state index is 12.2. The highest BCUT2D eigenvalue weighted by molar-refractivity contribution is 7.91. The summed E-state index contributed by atoms with van der Waals surface area (Å²) in [4.78, 5) is 19.0. The van der Waals surface area contributed by atoms with Crippen molar-refractivity contribution in [2.24, 2.45) is 0 Å². The number of sulfone groups is 1. The van der Waals surface area contributed by atoms with Crippen LogP contribution in [0.1, 0.15) is 28.8 Å². The van der Waals surface area contributed by atoms with Crippen LogP contribution < -0.4 is 10.6 Å². The van der Waals surface area contributed by atoms with Crippen molar-refractivity contribution in [3.63, 3.8) is 0 Å². The van der Waals surface area contributed by atoms with Crippen LogP contribution >= 0.6 is 0 Å². The number of anilines is 2. The van der Waals surface area contributed by atoms with Gasteiger partial charge in [0.1, 0.15) is 0 Å². The lowest BCUT2D eigenvalue weighted by atomic mass is 10.1. The minimum atomic E-state index is -2.88. The van der Waals surface area contributed by atoms with Gasteiger partial charge < -0.3 is 10.6 Å². The van der Waals surface area contributed by atoms with Gasteiger partial charge >= 0.3 is 0 Å². The molecule has 1 saturated heterocycles. The molecule has 1 amide bonds. The first kappa shape index (κ1) is 23.6. The predicted octanol–water partition coefficient (Wildman–Crippen LogP) is 3.26. The summed E-state index contributed by atoms with van der Waals surface area (Å²) < 4.78 is 25.2. The van der Waals surface area contributed by atoms with Crippen molar-refractivity contribution < 1.29 is 13.2 Å². The summed E-state index contributed by atoms with van der Waals surface area (Å²) in [7, 11) is -2.88. The van der Waals surface area contributed by atoms with Gasteiger partial charge in [-0.2, -0.15) is 4.98 Å². The molecule has 2 aromatic heterocycles. The Balaban J connectivity index is 1.15. The van der Waals surface area contributed by atoms with E-state index in [0.717, 1.165) is 47.5 Å². The molecule has 3 heterocycles. The van der Waals surface area contributed by atoms with Gasteiger partial charge in [-0.1, -0.05) is 30.3 Å². The molecule has 0 spiro atoms. The van der Waals surface area contributed by atoms with E-state index < -0.39 is 9.84 Å². The molecular weight excluding hydrogens is 488 g/mol. The average molecular weight is 517 g/mol. The van der Waals surface area contributed by atoms with Gasteiger partial charge in [-0.25, -0.2) is 12.9 Å². The maximum absolute atomic E-state index is 12.2. The van der Waals surface area contributed by atoms with Crippen molar-refractivity contribution >= 4 is 33.0 Å². The summed E-state index contributed by atoms with van der Waals surface area (Å²) in [6, 6.07) is 21.8. The first-order chi connectivity index (χ1) is 17.9. The van der Waals surface area contributed by atoms with Gasteiger partial charge in [0.05, 0.1) is 17.2 Å². The summed E-state index contributed by atoms with van der Waals surface area (Å²) in [6.07, 6.45) is 2.12. The first-order valence-electron chi connectivity index (χ1n) is 12.5. The fourth-order valence-corrected chi connectivity index (χ4v) is 5.73. The Hall–Kier alpha value is -3.76. The summed E-state index contributed by atoms with van der Waals surface area (Å²) in [5.41, 5.74) is 5.23. The summed E-state index contributed by atoms with van der Waals surface area (Å²) in [5, 5.41) is 10.9. The van der Waals surface area contributed by atoms with E-state index in [1.807, 2.05) is 34.8 Å². The van der Waals surface area contributed by atoms with Crippen molar-refractivity contribution in [1.29, 1.82) is 0 Å². The molecule has 1 saturated carbocycles. The van der Waals surface area contributed by atoms with Crippen LogP contribution in [-0.4, -0.2) is 64.5 Å². The molecule has 2 aromatic carbocycles. The fraction of sp³-hybridized carbons (Fsp3) is 0.296. The number of fused-ring (bicyclic) bond motifs is 1. The van der Waals surface area contributed by atoms with Gasteiger partial charge in [0.15, 0.2) is 15.5 Å². The number of amides is 1. The van der Waals surface area contributed by atoms with Crippen molar-refractivity contribution in [3.8, 4) is 11.3 Å². The largest absolute Gasteiger partial charge is 0.349 e. The Bertz CT molecular complexity index is 1530. The van der Waals surface area contributed by atoms with Crippen LogP contribution in [0.25, 0.3) is 16.9 Å². The van der Waals surface area contributed by atoms with E-state index in [1.54, 1.807) is 12.1 Å². The van der Waals surface area contributed by atoms with Gasteiger partial charge in [0.2, 0.25) is 5.95 Å². The van der Waals surface area contributed by atoms with Crippen molar-refractivity contribution in [1.82, 2.24) is 24.8 Å². The molecule has 2 aliphatic rings. The highest BCUT2D eigenvalue weighted by Gasteiger charge is 2.24. The molecule has 2 N–H and O–H groups in total. The second-order valence-corrected chi connectivity index (χ2v) is 12.0. The number of nitrogens with one attached hydrogen (secondary N) is 2. The monoisotopic (exact) mass is 516 g/mol. The Morgan fingerprint density at radius 1 is 0.946 bits per heavy atom. The molecule has 6 rings (SSSR count). The molecule has 1 aliphatic carbocycles. The molecule has 2 fully saturated rings. The van der Waals surface area contributed by atoms with Crippen LogP contribution in [0.4, 0.5) is 11.6 Å². The topological polar surface area (TPSA) is 109 Å². The molecule has 0 atom stereocenters. The predicted molar refractivity (Wildman–Crippen MR) is 143 cm³/mol. The van der Waals surface area contributed by atoms with E-state index in [9.17, 15) is 13.2 Å². The number of hydrogen-bond acceptors (Lipinski definition) is 7. The van der Waals surface area contributed by atoms with Gasteiger partial charge in [0.25, 0.3) is 5.91 Å². The highest BCUT2D eigenvalue weighted by Crippen LogP contribution is 2.24. The average Bonchev–Trinajstić information content (AvgIpc) is 3.61. The van der Waals surface area contributed by atoms with Gasteiger partial charge in [-0.3, -0.25) is 9.69 Å². The smallest absolute Gasteiger partial charge is 0.251 e. The second kappa shape index (κ2) is 9.60. The third-order valence-electron chi connectivity index (χ3n) is 6.77. The minimum Gasteiger partial charge on any atom is -0.349 e. The zero-order chi connectivity index (χ0) is 25.4. The van der Waals surface area contributed by atoms with E-state index in [0.29, 0.717) is 30.6 Å². The molecule has 10 heteroatoms. The van der Waals surface area contributed by atoms with Gasteiger partial charge in [-0.05, 0) is 54.8 Å². The highest BCUT2D eigenvalue weighted by atomic mass is 32.2. The molecule has 0 radical (unpaired) electrons. The number of carbonyl (C=O) groups is 1. The van der Waals surface area contributed by atoms with Crippen LogP contribution in [0.15, 0.2) is 66.7 Å². The minimum absolute atomic E-state index is 0.0422. The third kappa shape index (κ3) is 5.50. The number of rotatable bonds is 7. The Morgan fingerprint density at radius 3 is 2.38 bits per heavy atom. The van der Waals surface area contributed by atoms with Gasteiger partial charge in [0, 0.05) is 42.5 Å². The Labute approximate surface area is 215 Å². The number of aromatic nitrogens is 3. The number of benzene rings is 2. The van der Waals surface area contributed by atoms with Crippen LogP contribution in [0.2, 0.25) is 0 Å². The Kier molecular flexibility index (Phi) is 6.13. The number of nitrogens with zero attached hydrogens (tertiary/aromatic N) is 4. The normalized spacial score (nSPS) is 17.5. The molecule has 1 aliphatic heterocycles. The summed E-state index contributed by atoms with van der Waals surface area (Å²) in [6.45, 7) is 1.89. The molecule has 0 unspecified atom stereocenters. The summed E-state index contributed by atoms with van der Waals surface area (Å²) >= 11 is 0. The molecule has 9 nitrogen and oxygen atoms in total. The SMILES string of the molecule is O=C(NC1CC1)c1ccc(Nc2nc3cccc(-c4ccc(CN5CCS(=O)(=O)CC5)cc4)n3n2)cc1. The zero-order valence-electron chi connectivity index (χ0n) is 20.3. The maximum Gasteiger partial charge on any atom is 0.251 e. The quantitative estimate of drug-likeness (QED) is 0.388. The van der Waals surface area contributed by atoms with E-state index in [-0.39, 0.29) is 17.4 Å². The van der Waals surface area contributed by atoms with E-state index in [4.69, 9.17) is 0 Å². The third-order valence-corrected chi connectivity index (χ3v) is 8.38. The van der Waals surface area contributed by atoms with Gasteiger partial charge in [-0.15, -0.1) is 5.10 Å². The lowest BCUT2D eigenvalue weighted by Gasteiger charge is -2.26. The molecule has 37 heavy (non-hydrogen) atoms. The molecule has 0 bridgehead atoms. The van der Waals surface area contributed by atoms with Crippen LogP contribution in [0.3, 0.4) is 0 Å². The standard InChI is InChI=1S/C27H28N6O3S/c34-26(28-22-12-13-22)21-8-10-23(11-9-21)29-27-30-25-3-1-2-24(33(25)31-27)20-6-4-19(5-7-20)18-32-14-16-37(35,36)17-15-32/h1-11,22H,12-18H2,(H,28,34)(H,29,31). The summed E-state index contributed by atoms with van der Waals surface area (Å²) in [5.74, 6) is 0.893. The zero-order valence-corrected chi connectivity index (χ0v) is 21.1. The molecular formula is C27H28N6O3S. The van der Waals surface area contributed by atoms with Crippen LogP contribution in [0, 0.1) is 0 Å². The van der Waals surface area contributed by atoms with E-state index in [1.165, 1.54) is 0 Å². The Morgan fingerprint density at radius 2 is 1.68 bits per heavy atom. The lowest BCUT2D eigenvalue weighted by Crippen LogP contribution is -2.39. The fourth-order valence-electron chi connectivity index (χ4n) is 4.45.